The third-order valence-electron chi connectivity index (χ3n) is 4.02. The molecule has 0 saturated carbocycles. The molecule has 0 aliphatic heterocycles. The van der Waals surface area contributed by atoms with Crippen LogP contribution in [0.5, 0.6) is 0 Å². The van der Waals surface area contributed by atoms with Crippen molar-refractivity contribution in [1.29, 1.82) is 0 Å². The molecule has 0 atom stereocenters. The maximum atomic E-state index is 12.4. The van der Waals surface area contributed by atoms with E-state index in [1.54, 1.807) is 36.4 Å². The number of carbonyl (C=O) groups excluding carboxylic acids is 1. The van der Waals surface area contributed by atoms with Gasteiger partial charge in [-0.05, 0) is 55.0 Å². The van der Waals surface area contributed by atoms with E-state index in [0.29, 0.717) is 22.8 Å². The summed E-state index contributed by atoms with van der Waals surface area (Å²) >= 11 is 5.79. The second-order valence-corrected chi connectivity index (χ2v) is 8.45. The summed E-state index contributed by atoms with van der Waals surface area (Å²) < 4.78 is 27.3. The predicted octanol–water partition coefficient (Wildman–Crippen LogP) is 4.52. The molecule has 0 unspecified atom stereocenters. The molecule has 2 rings (SSSR count). The van der Waals surface area contributed by atoms with Crippen LogP contribution in [-0.4, -0.2) is 14.3 Å². The zero-order valence-corrected chi connectivity index (χ0v) is 15.9. The monoisotopic (exact) mass is 380 g/mol. The van der Waals surface area contributed by atoms with Crippen LogP contribution in [0.4, 0.5) is 11.4 Å². The largest absolute Gasteiger partial charge is 0.326 e. The normalized spacial score (nSPS) is 11.8. The first-order chi connectivity index (χ1) is 11.6. The molecule has 2 N–H and O–H groups in total. The first-order valence-electron chi connectivity index (χ1n) is 7.84. The number of nitrogens with one attached hydrogen (secondary N) is 2. The van der Waals surface area contributed by atoms with Gasteiger partial charge in [0.2, 0.25) is 5.91 Å². The van der Waals surface area contributed by atoms with Crippen LogP contribution in [0.15, 0.2) is 53.4 Å². The van der Waals surface area contributed by atoms with Gasteiger partial charge in [-0.3, -0.25) is 9.52 Å². The Balaban J connectivity index is 2.13. The second-order valence-electron chi connectivity index (χ2n) is 6.33. The zero-order valence-electron chi connectivity index (χ0n) is 14.3. The highest BCUT2D eigenvalue weighted by molar-refractivity contribution is 7.92. The Hall–Kier alpha value is -2.05. The quantitative estimate of drug-likeness (QED) is 0.773. The van der Waals surface area contributed by atoms with E-state index in [4.69, 9.17) is 11.6 Å². The Morgan fingerprint density at radius 2 is 1.52 bits per heavy atom. The van der Waals surface area contributed by atoms with Crippen LogP contribution in [0.25, 0.3) is 0 Å². The standard InChI is InChI=1S/C18H21ClN2O3S/c1-4-18(2,3)17(22)20-14-9-11-16(12-10-14)25(23,24)21-15-7-5-13(19)6-8-15/h5-12,21H,4H2,1-3H3,(H,20,22). The van der Waals surface area contributed by atoms with Crippen LogP contribution in [0, 0.1) is 5.41 Å². The maximum absolute atomic E-state index is 12.4. The molecule has 134 valence electrons. The highest BCUT2D eigenvalue weighted by atomic mass is 35.5. The van der Waals surface area contributed by atoms with Crippen molar-refractivity contribution in [2.75, 3.05) is 10.0 Å². The molecule has 0 spiro atoms. The number of benzene rings is 2. The van der Waals surface area contributed by atoms with Gasteiger partial charge in [0.1, 0.15) is 0 Å². The summed E-state index contributed by atoms with van der Waals surface area (Å²) in [7, 11) is -3.71. The molecule has 0 aliphatic carbocycles. The lowest BCUT2D eigenvalue weighted by atomic mass is 9.89. The van der Waals surface area contributed by atoms with Crippen molar-refractivity contribution < 1.29 is 13.2 Å². The summed E-state index contributed by atoms with van der Waals surface area (Å²) in [5.41, 5.74) is 0.490. The highest BCUT2D eigenvalue weighted by Crippen LogP contribution is 2.24. The van der Waals surface area contributed by atoms with Crippen LogP contribution >= 0.6 is 11.6 Å². The molecule has 0 aliphatic rings. The Morgan fingerprint density at radius 3 is 2.04 bits per heavy atom. The summed E-state index contributed by atoms with van der Waals surface area (Å²) in [6.45, 7) is 5.66. The van der Waals surface area contributed by atoms with Crippen molar-refractivity contribution >= 4 is 38.9 Å². The molecule has 0 fully saturated rings. The number of hydrogen-bond acceptors (Lipinski definition) is 3. The summed E-state index contributed by atoms with van der Waals surface area (Å²) in [4.78, 5) is 12.3. The zero-order chi connectivity index (χ0) is 18.7. The van der Waals surface area contributed by atoms with E-state index in [1.165, 1.54) is 12.1 Å². The molecule has 1 amide bonds. The van der Waals surface area contributed by atoms with Gasteiger partial charge in [-0.25, -0.2) is 8.42 Å². The summed E-state index contributed by atoms with van der Waals surface area (Å²) in [6, 6.07) is 12.4. The molecule has 25 heavy (non-hydrogen) atoms. The number of sulfonamides is 1. The topological polar surface area (TPSA) is 75.3 Å². The van der Waals surface area contributed by atoms with E-state index in [0.717, 1.165) is 0 Å². The minimum atomic E-state index is -3.71. The van der Waals surface area contributed by atoms with Gasteiger partial charge in [0.05, 0.1) is 4.90 Å². The van der Waals surface area contributed by atoms with Crippen molar-refractivity contribution in [2.24, 2.45) is 5.41 Å². The van der Waals surface area contributed by atoms with Crippen LogP contribution in [0.3, 0.4) is 0 Å². The lowest BCUT2D eigenvalue weighted by Gasteiger charge is -2.21. The Labute approximate surface area is 153 Å². The smallest absolute Gasteiger partial charge is 0.261 e. The Bertz CT molecular complexity index is 845. The molecule has 0 radical (unpaired) electrons. The van der Waals surface area contributed by atoms with E-state index in [1.807, 2.05) is 20.8 Å². The van der Waals surface area contributed by atoms with Gasteiger partial charge < -0.3 is 5.32 Å². The Kier molecular flexibility index (Phi) is 5.75. The van der Waals surface area contributed by atoms with E-state index in [9.17, 15) is 13.2 Å². The Morgan fingerprint density at radius 1 is 1.00 bits per heavy atom. The van der Waals surface area contributed by atoms with Gasteiger partial charge in [-0.15, -0.1) is 0 Å². The molecule has 7 heteroatoms. The predicted molar refractivity (Wildman–Crippen MR) is 101 cm³/mol. The summed E-state index contributed by atoms with van der Waals surface area (Å²) in [6.07, 6.45) is 0.705. The molecule has 0 saturated heterocycles. The van der Waals surface area contributed by atoms with Crippen LogP contribution in [0.1, 0.15) is 27.2 Å². The van der Waals surface area contributed by atoms with E-state index >= 15 is 0 Å². The van der Waals surface area contributed by atoms with E-state index in [2.05, 4.69) is 10.0 Å². The van der Waals surface area contributed by atoms with Crippen molar-refractivity contribution in [3.63, 3.8) is 0 Å². The molecule has 0 bridgehead atoms. The second kappa shape index (κ2) is 7.45. The van der Waals surface area contributed by atoms with Crippen LogP contribution < -0.4 is 10.0 Å². The van der Waals surface area contributed by atoms with Gasteiger partial charge in [0, 0.05) is 21.8 Å². The molecule has 5 nitrogen and oxygen atoms in total. The molecule has 2 aromatic carbocycles. The number of carbonyl (C=O) groups is 1. The van der Waals surface area contributed by atoms with Crippen LogP contribution in [-0.2, 0) is 14.8 Å². The molecule has 0 aromatic heterocycles. The lowest BCUT2D eigenvalue weighted by molar-refractivity contribution is -0.124. The molecule has 0 heterocycles. The fraction of sp³-hybridized carbons (Fsp3) is 0.278. The number of halogens is 1. The third kappa shape index (κ3) is 4.96. The van der Waals surface area contributed by atoms with Crippen molar-refractivity contribution in [3.8, 4) is 0 Å². The van der Waals surface area contributed by atoms with E-state index in [-0.39, 0.29) is 10.8 Å². The maximum Gasteiger partial charge on any atom is 0.261 e. The SMILES string of the molecule is CCC(C)(C)C(=O)Nc1ccc(S(=O)(=O)Nc2ccc(Cl)cc2)cc1. The van der Waals surface area contributed by atoms with E-state index < -0.39 is 15.4 Å². The van der Waals surface area contributed by atoms with Crippen molar-refractivity contribution in [3.05, 3.63) is 53.6 Å². The molecule has 2 aromatic rings. The first-order valence-corrected chi connectivity index (χ1v) is 9.70. The third-order valence-corrected chi connectivity index (χ3v) is 5.67. The van der Waals surface area contributed by atoms with Crippen molar-refractivity contribution in [2.45, 2.75) is 32.1 Å². The van der Waals surface area contributed by atoms with Crippen molar-refractivity contribution in [1.82, 2.24) is 0 Å². The number of rotatable bonds is 6. The minimum Gasteiger partial charge on any atom is -0.326 e. The van der Waals surface area contributed by atoms with Gasteiger partial charge in [0.15, 0.2) is 0 Å². The summed E-state index contributed by atoms with van der Waals surface area (Å²) in [5, 5.41) is 3.32. The fourth-order valence-corrected chi connectivity index (χ4v) is 3.09. The molecular formula is C18H21ClN2O3S. The fourth-order valence-electron chi connectivity index (χ4n) is 1.91. The summed E-state index contributed by atoms with van der Waals surface area (Å²) in [5.74, 6) is -0.107. The highest BCUT2D eigenvalue weighted by Gasteiger charge is 2.25. The van der Waals surface area contributed by atoms with Gasteiger partial charge >= 0.3 is 0 Å². The number of hydrogen-bond donors (Lipinski definition) is 2. The van der Waals surface area contributed by atoms with Gasteiger partial charge in [0.25, 0.3) is 10.0 Å². The van der Waals surface area contributed by atoms with Crippen LogP contribution in [0.2, 0.25) is 5.02 Å². The number of amides is 1. The lowest BCUT2D eigenvalue weighted by Crippen LogP contribution is -2.29. The number of anilines is 2. The van der Waals surface area contributed by atoms with Gasteiger partial charge in [-0.1, -0.05) is 32.4 Å². The molecular weight excluding hydrogens is 360 g/mol. The first kappa shape index (κ1) is 19.3. The average Bonchev–Trinajstić information content (AvgIpc) is 2.57. The average molecular weight is 381 g/mol. The minimum absolute atomic E-state index is 0.107. The van der Waals surface area contributed by atoms with Gasteiger partial charge in [-0.2, -0.15) is 0 Å².